The molecule has 0 atom stereocenters. The number of phenols is 1. The van der Waals surface area contributed by atoms with Crippen LogP contribution in [0, 0.1) is 0 Å². The Bertz CT molecular complexity index is 1530. The zero-order valence-electron chi connectivity index (χ0n) is 17.0. The molecule has 6 nitrogen and oxygen atoms in total. The molecule has 2 N–H and O–H groups in total. The van der Waals surface area contributed by atoms with Crippen LogP contribution in [0.2, 0.25) is 5.02 Å². The molecule has 2 aromatic heterocycles. The predicted molar refractivity (Wildman–Crippen MR) is 126 cm³/mol. The number of benzene rings is 3. The summed E-state index contributed by atoms with van der Waals surface area (Å²) >= 11 is 6.23. The second-order valence-electron chi connectivity index (χ2n) is 7.14. The molecule has 0 aliphatic heterocycles. The Balaban J connectivity index is 1.63. The second-order valence-corrected chi connectivity index (χ2v) is 7.57. The van der Waals surface area contributed by atoms with E-state index in [1.807, 2.05) is 36.4 Å². The third-order valence-corrected chi connectivity index (χ3v) is 5.29. The van der Waals surface area contributed by atoms with E-state index in [0.717, 1.165) is 21.9 Å². The molecule has 0 aliphatic carbocycles. The smallest absolute Gasteiger partial charge is 0.161 e. The highest BCUT2D eigenvalue weighted by atomic mass is 35.5. The number of anilines is 1. The number of aromatic nitrogens is 1. The summed E-state index contributed by atoms with van der Waals surface area (Å²) in [6, 6.07) is 23.9. The van der Waals surface area contributed by atoms with Gasteiger partial charge < -0.3 is 14.3 Å². The van der Waals surface area contributed by atoms with Crippen molar-refractivity contribution >= 4 is 39.3 Å². The fourth-order valence-electron chi connectivity index (χ4n) is 3.45. The Morgan fingerprint density at radius 3 is 2.75 bits per heavy atom. The first-order valence-electron chi connectivity index (χ1n) is 9.87. The van der Waals surface area contributed by atoms with Gasteiger partial charge >= 0.3 is 0 Å². The van der Waals surface area contributed by atoms with Gasteiger partial charge in [-0.3, -0.25) is 5.43 Å². The van der Waals surface area contributed by atoms with Gasteiger partial charge in [-0.15, -0.1) is 0 Å². The normalized spacial score (nSPS) is 11.8. The lowest BCUT2D eigenvalue weighted by Crippen LogP contribution is -2.08. The molecule has 0 bridgehead atoms. The predicted octanol–water partition coefficient (Wildman–Crippen LogP) is 5.94. The molecule has 3 aromatic carbocycles. The molecule has 5 aromatic rings. The van der Waals surface area contributed by atoms with Crippen LogP contribution in [0.1, 0.15) is 0 Å². The Labute approximate surface area is 188 Å². The molecular weight excluding hydrogens is 426 g/mol. The van der Waals surface area contributed by atoms with Crippen molar-refractivity contribution in [3.05, 3.63) is 89.2 Å². The zero-order chi connectivity index (χ0) is 22.1. The molecule has 0 unspecified atom stereocenters. The van der Waals surface area contributed by atoms with Gasteiger partial charge in [-0.05, 0) is 54.6 Å². The van der Waals surface area contributed by atoms with Gasteiger partial charge in [0.05, 0.1) is 18.0 Å². The van der Waals surface area contributed by atoms with Gasteiger partial charge in [0.1, 0.15) is 17.2 Å². The van der Waals surface area contributed by atoms with Crippen molar-refractivity contribution < 1.29 is 14.3 Å². The van der Waals surface area contributed by atoms with Crippen molar-refractivity contribution in [2.45, 2.75) is 0 Å². The van der Waals surface area contributed by atoms with Crippen molar-refractivity contribution in [1.82, 2.24) is 4.98 Å². The van der Waals surface area contributed by atoms with Gasteiger partial charge in [0.25, 0.3) is 0 Å². The minimum absolute atomic E-state index is 0.0535. The summed E-state index contributed by atoms with van der Waals surface area (Å²) in [6.45, 7) is 0. The average Bonchev–Trinajstić information content (AvgIpc) is 2.82. The standard InChI is InChI=1S/C25H18ClN3O3/c1-31-24-12-16(6-9-21(24)30)23-14-20(18-13-17(26)8-10-22(18)32-23)28-29-25-11-7-15-4-2-3-5-19(15)27-25/h2-14,30H,1H3,(H,27,29). The molecule has 0 aliphatic rings. The minimum atomic E-state index is 0.0535. The number of nitrogens with zero attached hydrogens (tertiary/aromatic N) is 2. The Morgan fingerprint density at radius 2 is 1.88 bits per heavy atom. The Hall–Kier alpha value is -4.03. The Morgan fingerprint density at radius 1 is 1.00 bits per heavy atom. The summed E-state index contributed by atoms with van der Waals surface area (Å²) in [5, 5.41) is 17.5. The summed E-state index contributed by atoms with van der Waals surface area (Å²) in [5.74, 6) is 1.58. The van der Waals surface area contributed by atoms with E-state index in [1.165, 1.54) is 7.11 Å². The van der Waals surface area contributed by atoms with Crippen LogP contribution in [-0.2, 0) is 0 Å². The van der Waals surface area contributed by atoms with Crippen LogP contribution < -0.4 is 15.5 Å². The monoisotopic (exact) mass is 443 g/mol. The maximum atomic E-state index is 9.92. The molecule has 0 spiro atoms. The number of fused-ring (bicyclic) bond motifs is 2. The van der Waals surface area contributed by atoms with Crippen molar-refractivity contribution in [3.63, 3.8) is 0 Å². The highest BCUT2D eigenvalue weighted by molar-refractivity contribution is 6.31. The molecule has 0 radical (unpaired) electrons. The van der Waals surface area contributed by atoms with Crippen LogP contribution in [0.15, 0.2) is 88.4 Å². The zero-order valence-corrected chi connectivity index (χ0v) is 17.8. The van der Waals surface area contributed by atoms with Crippen molar-refractivity contribution in [2.75, 3.05) is 12.5 Å². The number of hydrogen-bond acceptors (Lipinski definition) is 6. The Kier molecular flexibility index (Phi) is 5.13. The maximum Gasteiger partial charge on any atom is 0.161 e. The lowest BCUT2D eigenvalue weighted by Gasteiger charge is -2.08. The summed E-state index contributed by atoms with van der Waals surface area (Å²) in [5.41, 5.74) is 5.26. The summed E-state index contributed by atoms with van der Waals surface area (Å²) in [7, 11) is 1.50. The first-order chi connectivity index (χ1) is 15.6. The molecule has 5 rings (SSSR count). The van der Waals surface area contributed by atoms with Gasteiger partial charge in [-0.1, -0.05) is 29.8 Å². The SMILES string of the molecule is COc1cc(-c2cc(=NNc3ccc4ccccc4n3)c3cc(Cl)ccc3o2)ccc1O. The third-order valence-electron chi connectivity index (χ3n) is 5.06. The van der Waals surface area contributed by atoms with Crippen LogP contribution >= 0.6 is 11.6 Å². The van der Waals surface area contributed by atoms with Crippen LogP contribution in [-0.4, -0.2) is 17.2 Å². The van der Waals surface area contributed by atoms with Crippen molar-refractivity contribution in [1.29, 1.82) is 0 Å². The highest BCUT2D eigenvalue weighted by Crippen LogP contribution is 2.32. The third kappa shape index (κ3) is 3.84. The number of nitrogens with one attached hydrogen (secondary N) is 1. The number of ether oxygens (including phenoxy) is 1. The van der Waals surface area contributed by atoms with Gasteiger partial charge in [0.2, 0.25) is 0 Å². The topological polar surface area (TPSA) is 79.9 Å². The molecule has 158 valence electrons. The second kappa shape index (κ2) is 8.24. The summed E-state index contributed by atoms with van der Waals surface area (Å²) < 4.78 is 11.3. The number of para-hydroxylation sites is 1. The largest absolute Gasteiger partial charge is 0.504 e. The lowest BCUT2D eigenvalue weighted by molar-refractivity contribution is 0.373. The van der Waals surface area contributed by atoms with Crippen LogP contribution in [0.4, 0.5) is 5.82 Å². The van der Waals surface area contributed by atoms with E-state index in [1.54, 1.807) is 42.5 Å². The first kappa shape index (κ1) is 19.9. The molecule has 0 saturated carbocycles. The van der Waals surface area contributed by atoms with Crippen molar-refractivity contribution in [3.8, 4) is 22.8 Å². The van der Waals surface area contributed by atoms with Gasteiger partial charge in [0, 0.05) is 27.4 Å². The van der Waals surface area contributed by atoms with Gasteiger partial charge in [-0.25, -0.2) is 4.98 Å². The maximum absolute atomic E-state index is 9.92. The fraction of sp³-hybridized carbons (Fsp3) is 0.0400. The molecule has 7 heteroatoms. The van der Waals surface area contributed by atoms with Crippen LogP contribution in [0.3, 0.4) is 0 Å². The molecule has 0 fully saturated rings. The number of pyridine rings is 1. The van der Waals surface area contributed by atoms with E-state index in [2.05, 4.69) is 15.5 Å². The molecular formula is C25H18ClN3O3. The molecule has 32 heavy (non-hydrogen) atoms. The molecule has 2 heterocycles. The number of methoxy groups -OCH3 is 1. The number of halogens is 1. The number of aromatic hydroxyl groups is 1. The molecule has 0 amide bonds. The first-order valence-corrected chi connectivity index (χ1v) is 10.2. The van der Waals surface area contributed by atoms with E-state index in [4.69, 9.17) is 20.8 Å². The van der Waals surface area contributed by atoms with Crippen LogP contribution in [0.25, 0.3) is 33.2 Å². The van der Waals surface area contributed by atoms with Gasteiger partial charge in [0.15, 0.2) is 11.5 Å². The van der Waals surface area contributed by atoms with E-state index < -0.39 is 0 Å². The summed E-state index contributed by atoms with van der Waals surface area (Å²) in [4.78, 5) is 4.60. The minimum Gasteiger partial charge on any atom is -0.504 e. The summed E-state index contributed by atoms with van der Waals surface area (Å²) in [6.07, 6.45) is 0. The molecule has 0 saturated heterocycles. The van der Waals surface area contributed by atoms with E-state index in [9.17, 15) is 5.11 Å². The number of rotatable bonds is 4. The lowest BCUT2D eigenvalue weighted by atomic mass is 10.1. The fourth-order valence-corrected chi connectivity index (χ4v) is 3.62. The van der Waals surface area contributed by atoms with Crippen molar-refractivity contribution in [2.24, 2.45) is 5.10 Å². The van der Waals surface area contributed by atoms with Crippen LogP contribution in [0.5, 0.6) is 11.5 Å². The number of hydrogen-bond donors (Lipinski definition) is 2. The highest BCUT2D eigenvalue weighted by Gasteiger charge is 2.10. The quantitative estimate of drug-likeness (QED) is 0.336. The van der Waals surface area contributed by atoms with Gasteiger partial charge in [-0.2, -0.15) is 5.10 Å². The van der Waals surface area contributed by atoms with E-state index >= 15 is 0 Å². The van der Waals surface area contributed by atoms with E-state index in [-0.39, 0.29) is 5.75 Å². The number of phenolic OH excluding ortho intramolecular Hbond substituents is 1. The average molecular weight is 444 g/mol. The van der Waals surface area contributed by atoms with E-state index in [0.29, 0.717) is 33.3 Å².